The summed E-state index contributed by atoms with van der Waals surface area (Å²) in [6.45, 7) is 0. The minimum absolute atomic E-state index is 0.0845. The first-order valence-corrected chi connectivity index (χ1v) is 12.8. The number of rotatable bonds is 10. The third-order valence-electron chi connectivity index (χ3n) is 6.61. The van der Waals surface area contributed by atoms with Crippen LogP contribution in [0.25, 0.3) is 22.3 Å². The summed E-state index contributed by atoms with van der Waals surface area (Å²) >= 11 is 0. The van der Waals surface area contributed by atoms with E-state index >= 15 is 0 Å². The van der Waals surface area contributed by atoms with Crippen LogP contribution in [-0.4, -0.2) is 62.4 Å². The number of benzene rings is 4. The average molecular weight is 664 g/mol. The zero-order valence-electron chi connectivity index (χ0n) is 23.1. The van der Waals surface area contributed by atoms with Gasteiger partial charge in [0.2, 0.25) is 0 Å². The summed E-state index contributed by atoms with van der Waals surface area (Å²) in [5.41, 5.74) is -1.95. The van der Waals surface area contributed by atoms with Crippen LogP contribution in [0.3, 0.4) is 0 Å². The Bertz CT molecular complexity index is 1730. The largest absolute Gasteiger partial charge is 0.478 e. The van der Waals surface area contributed by atoms with Crippen molar-refractivity contribution in [3.8, 4) is 33.8 Å². The van der Waals surface area contributed by atoms with Gasteiger partial charge >= 0.3 is 42.0 Å². The molecule has 0 bridgehead atoms. The molecule has 0 amide bonds. The first kappa shape index (κ1) is 33.8. The van der Waals surface area contributed by atoms with Gasteiger partial charge in [0.1, 0.15) is 11.5 Å². The van der Waals surface area contributed by atoms with E-state index in [1.165, 1.54) is 12.1 Å². The van der Waals surface area contributed by atoms with E-state index in [0.717, 1.165) is 72.8 Å². The van der Waals surface area contributed by atoms with Crippen molar-refractivity contribution in [2.24, 2.45) is 0 Å². The number of hydrogen-bond acceptors (Lipinski definition) is 6. The van der Waals surface area contributed by atoms with Crippen molar-refractivity contribution in [2.45, 2.75) is 18.1 Å². The molecule has 47 heavy (non-hydrogen) atoms. The molecular formula is C31H18F6O10. The second-order valence-electron chi connectivity index (χ2n) is 9.61. The lowest BCUT2D eigenvalue weighted by Crippen LogP contribution is -2.65. The Morgan fingerprint density at radius 3 is 0.957 bits per heavy atom. The van der Waals surface area contributed by atoms with Crippen LogP contribution in [0.2, 0.25) is 0 Å². The summed E-state index contributed by atoms with van der Waals surface area (Å²) in [5.74, 6) is -13.4. The van der Waals surface area contributed by atoms with Crippen molar-refractivity contribution in [1.29, 1.82) is 0 Å². The number of carboxylic acids is 4. The van der Waals surface area contributed by atoms with Crippen molar-refractivity contribution < 1.29 is 75.4 Å². The van der Waals surface area contributed by atoms with Gasteiger partial charge in [-0.1, -0.05) is 36.4 Å². The Kier molecular flexibility index (Phi) is 8.91. The van der Waals surface area contributed by atoms with Crippen molar-refractivity contribution in [2.75, 3.05) is 0 Å². The molecule has 0 heterocycles. The molecule has 0 aliphatic carbocycles. The Hall–Kier alpha value is -6.06. The fourth-order valence-corrected chi connectivity index (χ4v) is 4.35. The Balaban J connectivity index is 1.67. The molecule has 0 radical (unpaired) electrons. The van der Waals surface area contributed by atoms with Crippen LogP contribution in [0.4, 0.5) is 26.3 Å². The first-order valence-electron chi connectivity index (χ1n) is 12.8. The van der Waals surface area contributed by atoms with Gasteiger partial charge in [-0.25, -0.2) is 19.2 Å². The third-order valence-corrected chi connectivity index (χ3v) is 6.61. The molecule has 0 fully saturated rings. The van der Waals surface area contributed by atoms with E-state index in [1.54, 1.807) is 0 Å². The summed E-state index contributed by atoms with van der Waals surface area (Å²) < 4.78 is 94.1. The summed E-state index contributed by atoms with van der Waals surface area (Å²) in [6, 6.07) is 13.3. The quantitative estimate of drug-likeness (QED) is 0.101. The van der Waals surface area contributed by atoms with E-state index in [2.05, 4.69) is 9.47 Å². The van der Waals surface area contributed by atoms with Gasteiger partial charge in [-0.3, -0.25) is 0 Å². The standard InChI is InChI=1S/C31H18F6O10/c32-30(33,34)29(31(35,36)37,46-19-7-1-15(2-8-19)17-5-11-21(25(38)39)23(13-17)27(42)43)47-20-9-3-16(4-10-20)18-6-12-22(26(40)41)24(14-18)28(44)45/h1-14H,(H,38,39)(H,40,41)(H,42,43)(H,44,45). The average Bonchev–Trinajstić information content (AvgIpc) is 2.99. The molecule has 4 rings (SSSR count). The van der Waals surface area contributed by atoms with Gasteiger partial charge < -0.3 is 29.9 Å². The number of carboxylic acid groups (broad SMARTS) is 4. The Morgan fingerprint density at radius 2 is 0.702 bits per heavy atom. The molecule has 4 aromatic carbocycles. The fraction of sp³-hybridized carbons (Fsp3) is 0.0968. The van der Waals surface area contributed by atoms with E-state index in [9.17, 15) is 55.7 Å². The lowest BCUT2D eigenvalue weighted by Gasteiger charge is -2.36. The predicted octanol–water partition coefficient (Wildman–Crippen LogP) is 7.09. The normalized spacial score (nSPS) is 11.9. The van der Waals surface area contributed by atoms with E-state index < -0.39 is 75.8 Å². The van der Waals surface area contributed by atoms with Crippen LogP contribution in [-0.2, 0) is 0 Å². The highest BCUT2D eigenvalue weighted by Gasteiger charge is 2.77. The molecule has 244 valence electrons. The van der Waals surface area contributed by atoms with Crippen LogP contribution in [0, 0.1) is 0 Å². The SMILES string of the molecule is O=C(O)c1ccc(-c2ccc(OC(Oc3ccc(-c4ccc(C(=O)O)c(C(=O)O)c4)cc3)(C(F)(F)F)C(F)(F)F)cc2)cc1C(=O)O. The maximum absolute atomic E-state index is 14.2. The monoisotopic (exact) mass is 664 g/mol. The molecule has 10 nitrogen and oxygen atoms in total. The Morgan fingerprint density at radius 1 is 0.426 bits per heavy atom. The number of aromatic carboxylic acids is 4. The number of ether oxygens (including phenoxy) is 2. The number of alkyl halides is 6. The number of hydrogen-bond donors (Lipinski definition) is 4. The highest BCUT2D eigenvalue weighted by molar-refractivity contribution is 6.03. The minimum Gasteiger partial charge on any atom is -0.478 e. The molecule has 0 aromatic heterocycles. The van der Waals surface area contributed by atoms with Gasteiger partial charge in [0.25, 0.3) is 0 Å². The molecule has 0 saturated heterocycles. The second-order valence-corrected chi connectivity index (χ2v) is 9.61. The van der Waals surface area contributed by atoms with Crippen molar-refractivity contribution in [3.05, 3.63) is 107 Å². The Labute approximate surface area is 258 Å². The highest BCUT2D eigenvalue weighted by atomic mass is 19.4. The molecule has 4 aromatic rings. The molecule has 0 saturated carbocycles. The summed E-state index contributed by atoms with van der Waals surface area (Å²) in [6.07, 6.45) is -12.4. The third kappa shape index (κ3) is 6.80. The predicted molar refractivity (Wildman–Crippen MR) is 148 cm³/mol. The zero-order chi connectivity index (χ0) is 34.9. The maximum Gasteiger partial charge on any atom is 0.478 e. The lowest BCUT2D eigenvalue weighted by atomic mass is 9.99. The molecule has 0 aliphatic heterocycles. The van der Waals surface area contributed by atoms with Gasteiger partial charge in [0.05, 0.1) is 22.3 Å². The van der Waals surface area contributed by atoms with E-state index in [0.29, 0.717) is 0 Å². The van der Waals surface area contributed by atoms with Crippen molar-refractivity contribution in [1.82, 2.24) is 0 Å². The van der Waals surface area contributed by atoms with E-state index in [-0.39, 0.29) is 22.3 Å². The summed E-state index contributed by atoms with van der Waals surface area (Å²) in [5, 5.41) is 37.0. The lowest BCUT2D eigenvalue weighted by molar-refractivity contribution is -0.422. The molecule has 0 aliphatic rings. The van der Waals surface area contributed by atoms with Gasteiger partial charge in [0.15, 0.2) is 0 Å². The first-order chi connectivity index (χ1) is 21.8. The van der Waals surface area contributed by atoms with Gasteiger partial charge in [-0.05, 0) is 70.8 Å². The smallest absolute Gasteiger partial charge is 0.478 e. The van der Waals surface area contributed by atoms with Crippen molar-refractivity contribution >= 4 is 23.9 Å². The van der Waals surface area contributed by atoms with Crippen LogP contribution in [0.15, 0.2) is 84.9 Å². The zero-order valence-corrected chi connectivity index (χ0v) is 23.1. The molecule has 0 spiro atoms. The number of halogens is 6. The van der Waals surface area contributed by atoms with Crippen LogP contribution < -0.4 is 9.47 Å². The fourth-order valence-electron chi connectivity index (χ4n) is 4.35. The van der Waals surface area contributed by atoms with Crippen molar-refractivity contribution in [3.63, 3.8) is 0 Å². The summed E-state index contributed by atoms with van der Waals surface area (Å²) in [4.78, 5) is 45.5. The van der Waals surface area contributed by atoms with Gasteiger partial charge in [0, 0.05) is 0 Å². The molecular weight excluding hydrogens is 646 g/mol. The molecule has 4 N–H and O–H groups in total. The topological polar surface area (TPSA) is 168 Å². The maximum atomic E-state index is 14.2. The summed E-state index contributed by atoms with van der Waals surface area (Å²) in [7, 11) is 0. The molecule has 0 unspecified atom stereocenters. The second kappa shape index (κ2) is 12.4. The van der Waals surface area contributed by atoms with Crippen LogP contribution in [0.1, 0.15) is 41.4 Å². The van der Waals surface area contributed by atoms with E-state index in [1.807, 2.05) is 0 Å². The number of carbonyl (C=O) groups is 4. The molecule has 0 atom stereocenters. The van der Waals surface area contributed by atoms with E-state index in [4.69, 9.17) is 10.2 Å². The minimum atomic E-state index is -6.21. The van der Waals surface area contributed by atoms with Crippen LogP contribution >= 0.6 is 0 Å². The van der Waals surface area contributed by atoms with Gasteiger partial charge in [-0.15, -0.1) is 0 Å². The van der Waals surface area contributed by atoms with Gasteiger partial charge in [-0.2, -0.15) is 26.3 Å². The van der Waals surface area contributed by atoms with Crippen LogP contribution in [0.5, 0.6) is 11.5 Å². The molecule has 16 heteroatoms. The highest BCUT2D eigenvalue weighted by Crippen LogP contribution is 2.47.